The van der Waals surface area contributed by atoms with Crippen molar-refractivity contribution in [3.63, 3.8) is 0 Å². The number of carbonyl (C=O) groups is 3. The largest absolute Gasteiger partial charge is 0.460 e. The van der Waals surface area contributed by atoms with Gasteiger partial charge in [-0.25, -0.2) is 4.98 Å². The van der Waals surface area contributed by atoms with Gasteiger partial charge in [0.05, 0.1) is 28.9 Å². The highest BCUT2D eigenvalue weighted by Crippen LogP contribution is 2.24. The number of nitrogens with one attached hydrogen (secondary N) is 1. The molecule has 0 aliphatic carbocycles. The molecule has 1 fully saturated rings. The molecule has 1 saturated heterocycles. The first kappa shape index (κ1) is 23.2. The molecule has 2 atom stereocenters. The second-order valence-electron chi connectivity index (χ2n) is 8.89. The SMILES string of the molecule is Cc1nc(C(=NCC(C)(C)C(=O)OC(C)(C)C)C(=O)C[C@@H]2C(=O)N[C@@H]2CN)cs1. The Bertz CT molecular complexity index is 823. The monoisotopic (exact) mass is 422 g/mol. The Labute approximate surface area is 175 Å². The molecule has 0 radical (unpaired) electrons. The van der Waals surface area contributed by atoms with E-state index in [1.807, 2.05) is 6.92 Å². The summed E-state index contributed by atoms with van der Waals surface area (Å²) in [5.41, 5.74) is 4.74. The Hall–Kier alpha value is -2.13. The van der Waals surface area contributed by atoms with Crippen LogP contribution in [-0.2, 0) is 19.1 Å². The van der Waals surface area contributed by atoms with Gasteiger partial charge in [-0.05, 0) is 41.5 Å². The summed E-state index contributed by atoms with van der Waals surface area (Å²) in [4.78, 5) is 46.1. The van der Waals surface area contributed by atoms with E-state index in [1.165, 1.54) is 11.3 Å². The number of thiazole rings is 1. The smallest absolute Gasteiger partial charge is 0.313 e. The molecule has 0 aromatic carbocycles. The van der Waals surface area contributed by atoms with Crippen LogP contribution in [0.3, 0.4) is 0 Å². The van der Waals surface area contributed by atoms with Gasteiger partial charge in [-0.3, -0.25) is 19.4 Å². The number of aliphatic imine (C=N–C) groups is 1. The summed E-state index contributed by atoms with van der Waals surface area (Å²) in [5.74, 6) is -1.32. The van der Waals surface area contributed by atoms with Crippen molar-refractivity contribution >= 4 is 34.7 Å². The number of hydrogen-bond donors (Lipinski definition) is 2. The van der Waals surface area contributed by atoms with Gasteiger partial charge in [0.15, 0.2) is 5.78 Å². The maximum atomic E-state index is 13.0. The molecule has 29 heavy (non-hydrogen) atoms. The van der Waals surface area contributed by atoms with Crippen molar-refractivity contribution in [2.45, 2.75) is 59.6 Å². The van der Waals surface area contributed by atoms with E-state index in [9.17, 15) is 14.4 Å². The van der Waals surface area contributed by atoms with Crippen LogP contribution in [0.1, 0.15) is 51.7 Å². The highest BCUT2D eigenvalue weighted by atomic mass is 32.1. The molecule has 1 aliphatic heterocycles. The zero-order valence-corrected chi connectivity index (χ0v) is 18.7. The van der Waals surface area contributed by atoms with Gasteiger partial charge in [-0.1, -0.05) is 0 Å². The van der Waals surface area contributed by atoms with Gasteiger partial charge in [0.25, 0.3) is 0 Å². The molecule has 8 nitrogen and oxygen atoms in total. The van der Waals surface area contributed by atoms with Crippen LogP contribution in [0.2, 0.25) is 0 Å². The molecule has 0 spiro atoms. The van der Waals surface area contributed by atoms with E-state index in [0.717, 1.165) is 5.01 Å². The normalized spacial score (nSPS) is 20.1. The Balaban J connectivity index is 2.23. The number of rotatable bonds is 8. The van der Waals surface area contributed by atoms with Gasteiger partial charge in [0.1, 0.15) is 17.0 Å². The molecule has 1 amide bonds. The predicted molar refractivity (Wildman–Crippen MR) is 112 cm³/mol. The average Bonchev–Trinajstić information content (AvgIpc) is 3.02. The number of nitrogens with zero attached hydrogens (tertiary/aromatic N) is 2. The van der Waals surface area contributed by atoms with Crippen LogP contribution in [0.15, 0.2) is 10.4 Å². The zero-order chi connectivity index (χ0) is 22.0. The number of hydrogen-bond acceptors (Lipinski definition) is 8. The highest BCUT2D eigenvalue weighted by Gasteiger charge is 2.40. The minimum atomic E-state index is -0.919. The van der Waals surface area contributed by atoms with Gasteiger partial charge < -0.3 is 15.8 Å². The first-order valence-electron chi connectivity index (χ1n) is 9.58. The van der Waals surface area contributed by atoms with Crippen LogP contribution < -0.4 is 11.1 Å². The number of aryl methyl sites for hydroxylation is 1. The van der Waals surface area contributed by atoms with Gasteiger partial charge in [-0.2, -0.15) is 0 Å². The summed E-state index contributed by atoms with van der Waals surface area (Å²) in [6.07, 6.45) is 0.00989. The minimum Gasteiger partial charge on any atom is -0.460 e. The van der Waals surface area contributed by atoms with E-state index >= 15 is 0 Å². The summed E-state index contributed by atoms with van der Waals surface area (Å²) in [6.45, 7) is 11.0. The van der Waals surface area contributed by atoms with E-state index in [4.69, 9.17) is 10.5 Å². The summed E-state index contributed by atoms with van der Waals surface area (Å²) in [6, 6.07) is -0.205. The molecule has 1 aromatic rings. The van der Waals surface area contributed by atoms with E-state index in [0.29, 0.717) is 5.69 Å². The number of amides is 1. The van der Waals surface area contributed by atoms with Crippen molar-refractivity contribution in [1.82, 2.24) is 10.3 Å². The predicted octanol–water partition coefficient (Wildman–Crippen LogP) is 1.64. The standard InChI is InChI=1S/C20H30N4O4S/c1-11-23-14(9-29-11)16(15(25)7-12-13(8-21)24-17(12)26)22-10-20(5,6)18(27)28-19(2,3)4/h9,12-13H,7-8,10,21H2,1-6H3,(H,24,26)/t12-,13+/m0/s1. The molecule has 0 saturated carbocycles. The second-order valence-corrected chi connectivity index (χ2v) is 9.95. The van der Waals surface area contributed by atoms with E-state index < -0.39 is 22.9 Å². The van der Waals surface area contributed by atoms with Crippen molar-refractivity contribution in [2.24, 2.45) is 22.1 Å². The maximum Gasteiger partial charge on any atom is 0.313 e. The fourth-order valence-electron chi connectivity index (χ4n) is 2.77. The van der Waals surface area contributed by atoms with Gasteiger partial charge in [0.2, 0.25) is 5.91 Å². The van der Waals surface area contributed by atoms with Crippen LogP contribution in [0, 0.1) is 18.3 Å². The third kappa shape index (κ3) is 5.93. The number of esters is 1. The lowest BCUT2D eigenvalue weighted by Gasteiger charge is -2.35. The molecular weight excluding hydrogens is 392 g/mol. The Morgan fingerprint density at radius 2 is 1.97 bits per heavy atom. The van der Waals surface area contributed by atoms with E-state index in [-0.39, 0.29) is 43.0 Å². The quantitative estimate of drug-likeness (QED) is 0.373. The molecular formula is C20H30N4O4S. The highest BCUT2D eigenvalue weighted by molar-refractivity contribution is 7.09. The fraction of sp³-hybridized carbons (Fsp3) is 0.650. The summed E-state index contributed by atoms with van der Waals surface area (Å²) in [7, 11) is 0. The van der Waals surface area contributed by atoms with Gasteiger partial charge in [-0.15, -0.1) is 11.3 Å². The third-order valence-electron chi connectivity index (χ3n) is 4.52. The first-order chi connectivity index (χ1) is 13.3. The number of Topliss-reactive ketones (excluding diaryl/α,β-unsaturated/α-hetero) is 1. The van der Waals surface area contributed by atoms with Crippen molar-refractivity contribution in [3.05, 3.63) is 16.1 Å². The van der Waals surface area contributed by atoms with Crippen LogP contribution in [0.4, 0.5) is 0 Å². The van der Waals surface area contributed by atoms with Crippen molar-refractivity contribution < 1.29 is 19.1 Å². The average molecular weight is 423 g/mol. The topological polar surface area (TPSA) is 124 Å². The van der Waals surface area contributed by atoms with Gasteiger partial charge >= 0.3 is 5.97 Å². The van der Waals surface area contributed by atoms with Crippen molar-refractivity contribution in [3.8, 4) is 0 Å². The van der Waals surface area contributed by atoms with Crippen LogP contribution in [-0.4, -0.2) is 53.1 Å². The number of aromatic nitrogens is 1. The second kappa shape index (κ2) is 8.71. The minimum absolute atomic E-state index is 0.00989. The van der Waals surface area contributed by atoms with Crippen molar-refractivity contribution in [1.29, 1.82) is 0 Å². The number of ketones is 1. The lowest BCUT2D eigenvalue weighted by molar-refractivity contribution is -0.165. The molecule has 2 rings (SSSR count). The van der Waals surface area contributed by atoms with Crippen molar-refractivity contribution in [2.75, 3.05) is 13.1 Å². The molecule has 1 aliphatic rings. The zero-order valence-electron chi connectivity index (χ0n) is 17.9. The lowest BCUT2D eigenvalue weighted by Crippen LogP contribution is -2.61. The molecule has 9 heteroatoms. The lowest BCUT2D eigenvalue weighted by atomic mass is 9.85. The van der Waals surface area contributed by atoms with E-state index in [1.54, 1.807) is 40.0 Å². The third-order valence-corrected chi connectivity index (χ3v) is 5.29. The maximum absolute atomic E-state index is 13.0. The molecule has 0 unspecified atom stereocenters. The Morgan fingerprint density at radius 1 is 1.31 bits per heavy atom. The van der Waals surface area contributed by atoms with E-state index in [2.05, 4.69) is 15.3 Å². The van der Waals surface area contributed by atoms with Crippen LogP contribution in [0.5, 0.6) is 0 Å². The Morgan fingerprint density at radius 3 is 2.45 bits per heavy atom. The first-order valence-corrected chi connectivity index (χ1v) is 10.5. The number of nitrogens with two attached hydrogens (primary N) is 1. The molecule has 160 valence electrons. The number of carbonyl (C=O) groups excluding carboxylic acids is 3. The molecule has 2 heterocycles. The molecule has 3 N–H and O–H groups in total. The summed E-state index contributed by atoms with van der Waals surface area (Å²) < 4.78 is 5.47. The molecule has 1 aromatic heterocycles. The summed E-state index contributed by atoms with van der Waals surface area (Å²) in [5, 5.41) is 5.25. The van der Waals surface area contributed by atoms with Gasteiger partial charge in [0, 0.05) is 18.3 Å². The van der Waals surface area contributed by atoms with Crippen LogP contribution >= 0.6 is 11.3 Å². The number of β-lactam (4-membered cyclic amide) rings is 1. The Kier molecular flexibility index (Phi) is 6.95. The fourth-order valence-corrected chi connectivity index (χ4v) is 3.37. The summed E-state index contributed by atoms with van der Waals surface area (Å²) >= 11 is 1.41. The van der Waals surface area contributed by atoms with Crippen LogP contribution in [0.25, 0.3) is 0 Å². The number of ether oxygens (including phenoxy) is 1. The molecule has 0 bridgehead atoms.